The average Bonchev–Trinajstić information content (AvgIpc) is 3.25. The third kappa shape index (κ3) is 4.88. The number of aliphatic imine (C=N–C) groups is 1. The van der Waals surface area contributed by atoms with E-state index >= 15 is 0 Å². The lowest BCUT2D eigenvalue weighted by molar-refractivity contribution is 0.666. The maximum atomic E-state index is 4.69. The summed E-state index contributed by atoms with van der Waals surface area (Å²) in [5, 5.41) is 12.2. The number of para-hydroxylation sites is 1. The van der Waals surface area contributed by atoms with Crippen LogP contribution in [-0.4, -0.2) is 39.9 Å². The Bertz CT molecular complexity index is 845. The summed E-state index contributed by atoms with van der Waals surface area (Å²) < 4.78 is 4.13. The lowest BCUT2D eigenvalue weighted by Gasteiger charge is -2.11. The molecule has 0 saturated heterocycles. The summed E-state index contributed by atoms with van der Waals surface area (Å²) in [5.74, 6) is 0.883. The van der Waals surface area contributed by atoms with E-state index < -0.39 is 0 Å². The molecule has 0 fully saturated rings. The lowest BCUT2D eigenvalue weighted by Crippen LogP contribution is -2.38. The van der Waals surface area contributed by atoms with Crippen LogP contribution in [-0.2, 0) is 20.0 Å². The van der Waals surface area contributed by atoms with Crippen LogP contribution < -0.4 is 10.6 Å². The quantitative estimate of drug-likeness (QED) is 0.372. The maximum absolute atomic E-state index is 4.69. The van der Waals surface area contributed by atoms with E-state index in [1.165, 1.54) is 16.5 Å². The Morgan fingerprint density at radius 1 is 1.19 bits per heavy atom. The molecule has 0 atom stereocenters. The summed E-state index contributed by atoms with van der Waals surface area (Å²) in [6, 6.07) is 10.7. The van der Waals surface area contributed by atoms with Crippen molar-refractivity contribution in [2.45, 2.75) is 26.3 Å². The van der Waals surface area contributed by atoms with E-state index in [4.69, 9.17) is 0 Å². The first kappa shape index (κ1) is 18.0. The summed E-state index contributed by atoms with van der Waals surface area (Å²) in [6.07, 6.45) is 8.07. The van der Waals surface area contributed by atoms with Crippen LogP contribution in [0.5, 0.6) is 0 Å². The molecule has 0 amide bonds. The fraction of sp³-hybridized carbons (Fsp3) is 0.400. The molecular formula is C20H28N6. The van der Waals surface area contributed by atoms with Crippen molar-refractivity contribution in [3.63, 3.8) is 0 Å². The molecule has 3 aromatic rings. The number of hydrogen-bond donors (Lipinski definition) is 2. The molecule has 0 bridgehead atoms. The first-order valence-corrected chi connectivity index (χ1v) is 9.30. The van der Waals surface area contributed by atoms with Crippen molar-refractivity contribution < 1.29 is 0 Å². The van der Waals surface area contributed by atoms with E-state index in [1.807, 2.05) is 24.1 Å². The van der Waals surface area contributed by atoms with Gasteiger partial charge in [0.1, 0.15) is 0 Å². The number of aromatic nitrogens is 3. The van der Waals surface area contributed by atoms with Crippen LogP contribution in [0.1, 0.15) is 18.9 Å². The number of guanidine groups is 1. The van der Waals surface area contributed by atoms with Gasteiger partial charge in [-0.3, -0.25) is 9.67 Å². The fourth-order valence-electron chi connectivity index (χ4n) is 3.04. The zero-order valence-corrected chi connectivity index (χ0v) is 15.7. The highest BCUT2D eigenvalue weighted by molar-refractivity contribution is 5.80. The monoisotopic (exact) mass is 352 g/mol. The highest BCUT2D eigenvalue weighted by Gasteiger charge is 2.01. The number of fused-ring (bicyclic) bond motifs is 1. The first-order valence-electron chi connectivity index (χ1n) is 9.30. The van der Waals surface area contributed by atoms with E-state index in [1.54, 1.807) is 0 Å². The van der Waals surface area contributed by atoms with Crippen LogP contribution in [0, 0.1) is 0 Å². The normalized spacial score (nSPS) is 11.8. The number of benzene rings is 1. The van der Waals surface area contributed by atoms with E-state index in [9.17, 15) is 0 Å². The van der Waals surface area contributed by atoms with Gasteiger partial charge in [-0.25, -0.2) is 0 Å². The summed E-state index contributed by atoms with van der Waals surface area (Å²) in [7, 11) is 1.94. The molecule has 0 spiro atoms. The Balaban J connectivity index is 1.46. The molecule has 0 unspecified atom stereocenters. The molecule has 3 rings (SSSR count). The molecular weight excluding hydrogens is 324 g/mol. The average molecular weight is 352 g/mol. The van der Waals surface area contributed by atoms with E-state index in [0.29, 0.717) is 0 Å². The maximum Gasteiger partial charge on any atom is 0.191 e. The Morgan fingerprint density at radius 2 is 2.08 bits per heavy atom. The van der Waals surface area contributed by atoms with Crippen LogP contribution in [0.3, 0.4) is 0 Å². The summed E-state index contributed by atoms with van der Waals surface area (Å²) >= 11 is 0. The SMILES string of the molecule is CCNC(=NCCCn1ccc2ccccc21)NCCc1cnn(C)c1. The van der Waals surface area contributed by atoms with Gasteiger partial charge in [0.05, 0.1) is 6.20 Å². The van der Waals surface area contributed by atoms with Crippen LogP contribution in [0.4, 0.5) is 0 Å². The molecule has 6 nitrogen and oxygen atoms in total. The van der Waals surface area contributed by atoms with Gasteiger partial charge in [-0.05, 0) is 42.8 Å². The van der Waals surface area contributed by atoms with Crippen molar-refractivity contribution in [3.05, 3.63) is 54.5 Å². The van der Waals surface area contributed by atoms with Gasteiger partial charge in [0.25, 0.3) is 0 Å². The molecule has 6 heteroatoms. The van der Waals surface area contributed by atoms with Crippen LogP contribution in [0.15, 0.2) is 53.9 Å². The van der Waals surface area contributed by atoms with E-state index in [0.717, 1.165) is 45.0 Å². The number of nitrogens with one attached hydrogen (secondary N) is 2. The van der Waals surface area contributed by atoms with Gasteiger partial charge in [-0.15, -0.1) is 0 Å². The van der Waals surface area contributed by atoms with Crippen LogP contribution >= 0.6 is 0 Å². The second-order valence-corrected chi connectivity index (χ2v) is 6.38. The Hall–Kier alpha value is -2.76. The molecule has 26 heavy (non-hydrogen) atoms. The molecule has 1 aromatic carbocycles. The number of aryl methyl sites for hydroxylation is 2. The van der Waals surface area contributed by atoms with Crippen LogP contribution in [0.2, 0.25) is 0 Å². The molecule has 2 aromatic heterocycles. The standard InChI is InChI=1S/C20H28N6/c1-3-21-20(23-12-9-17-15-24-25(2)16-17)22-11-6-13-26-14-10-18-7-4-5-8-19(18)26/h4-5,7-8,10,14-16H,3,6,9,11-13H2,1-2H3,(H2,21,22,23). The largest absolute Gasteiger partial charge is 0.357 e. The molecule has 138 valence electrons. The lowest BCUT2D eigenvalue weighted by atomic mass is 10.2. The van der Waals surface area contributed by atoms with Crippen molar-refractivity contribution >= 4 is 16.9 Å². The van der Waals surface area contributed by atoms with E-state index in [2.05, 4.69) is 68.7 Å². The third-order valence-electron chi connectivity index (χ3n) is 4.32. The first-order chi connectivity index (χ1) is 12.8. The minimum Gasteiger partial charge on any atom is -0.357 e. The van der Waals surface area contributed by atoms with Gasteiger partial charge in [-0.2, -0.15) is 5.10 Å². The zero-order valence-electron chi connectivity index (χ0n) is 15.7. The number of hydrogen-bond acceptors (Lipinski definition) is 2. The smallest absolute Gasteiger partial charge is 0.191 e. The predicted molar refractivity (Wildman–Crippen MR) is 107 cm³/mol. The van der Waals surface area contributed by atoms with E-state index in [-0.39, 0.29) is 0 Å². The van der Waals surface area contributed by atoms with Crippen molar-refractivity contribution in [2.24, 2.45) is 12.0 Å². The van der Waals surface area contributed by atoms with Crippen molar-refractivity contribution in [2.75, 3.05) is 19.6 Å². The topological polar surface area (TPSA) is 59.2 Å². The van der Waals surface area contributed by atoms with Gasteiger partial charge in [0.2, 0.25) is 0 Å². The molecule has 0 radical (unpaired) electrons. The Kier molecular flexibility index (Phi) is 6.30. The van der Waals surface area contributed by atoms with Crippen LogP contribution in [0.25, 0.3) is 10.9 Å². The number of rotatable bonds is 8. The Labute approximate surface area is 154 Å². The molecule has 0 aliphatic heterocycles. The minimum atomic E-state index is 0.800. The van der Waals surface area contributed by atoms with Gasteiger partial charge < -0.3 is 15.2 Å². The zero-order chi connectivity index (χ0) is 18.2. The second kappa shape index (κ2) is 9.08. The second-order valence-electron chi connectivity index (χ2n) is 6.38. The van der Waals surface area contributed by atoms with Gasteiger partial charge in [0.15, 0.2) is 5.96 Å². The summed E-state index contributed by atoms with van der Waals surface area (Å²) in [5.41, 5.74) is 2.52. The molecule has 2 N–H and O–H groups in total. The Morgan fingerprint density at radius 3 is 2.88 bits per heavy atom. The molecule has 0 aliphatic carbocycles. The summed E-state index contributed by atoms with van der Waals surface area (Å²) in [6.45, 7) is 5.58. The predicted octanol–water partition coefficient (Wildman–Crippen LogP) is 2.56. The van der Waals surface area contributed by atoms with Gasteiger partial charge in [-0.1, -0.05) is 18.2 Å². The molecule has 0 aliphatic rings. The highest BCUT2D eigenvalue weighted by atomic mass is 15.2. The summed E-state index contributed by atoms with van der Waals surface area (Å²) in [4.78, 5) is 4.69. The van der Waals surface area contributed by atoms with Crippen molar-refractivity contribution in [1.82, 2.24) is 25.0 Å². The third-order valence-corrected chi connectivity index (χ3v) is 4.32. The van der Waals surface area contributed by atoms with Crippen molar-refractivity contribution in [3.8, 4) is 0 Å². The van der Waals surface area contributed by atoms with Gasteiger partial charge >= 0.3 is 0 Å². The number of nitrogens with zero attached hydrogens (tertiary/aromatic N) is 4. The fourth-order valence-corrected chi connectivity index (χ4v) is 3.04. The molecule has 2 heterocycles. The minimum absolute atomic E-state index is 0.800. The van der Waals surface area contributed by atoms with Gasteiger partial charge in [0, 0.05) is 51.1 Å². The molecule has 0 saturated carbocycles. The van der Waals surface area contributed by atoms with Crippen molar-refractivity contribution in [1.29, 1.82) is 0 Å². The highest BCUT2D eigenvalue weighted by Crippen LogP contribution is 2.15.